The Morgan fingerprint density at radius 3 is 2.37 bits per heavy atom. The van der Waals surface area contributed by atoms with Gasteiger partial charge in [-0.15, -0.1) is 0 Å². The highest BCUT2D eigenvalue weighted by atomic mass is 19.1. The number of fused-ring (bicyclic) bond motifs is 1. The molecule has 2 aromatic rings. The van der Waals surface area contributed by atoms with Gasteiger partial charge in [0.05, 0.1) is 6.61 Å². The van der Waals surface area contributed by atoms with Crippen LogP contribution in [0.25, 0.3) is 0 Å². The van der Waals surface area contributed by atoms with Crippen LogP contribution in [-0.2, 0) is 0 Å². The zero-order valence-corrected chi connectivity index (χ0v) is 20.0. The lowest BCUT2D eigenvalue weighted by Crippen LogP contribution is -2.67. The number of rotatable bonds is 3. The van der Waals surface area contributed by atoms with Gasteiger partial charge in [0, 0.05) is 42.2 Å². The SMILES string of the molecule is O=C(c1ccc(F)cc1)N1CCCCN2[C@@H](CO)[C@@H](c3ccc(C#CC4(O)CCCC4)cc3)[C@@H]2C1. The highest BCUT2D eigenvalue weighted by molar-refractivity contribution is 5.94. The van der Waals surface area contributed by atoms with Crippen LogP contribution in [-0.4, -0.2) is 69.8 Å². The molecule has 1 saturated carbocycles. The molecule has 0 bridgehead atoms. The van der Waals surface area contributed by atoms with Crippen molar-refractivity contribution in [2.75, 3.05) is 26.2 Å². The standard InChI is InChI=1S/C29H33FN2O3/c30-24-11-9-23(10-12-24)28(34)31-17-3-4-18-32-25(19-31)27(26(32)20-33)22-7-5-21(6-8-22)13-16-29(35)14-1-2-15-29/h5-12,25-27,33,35H,1-4,14-15,17-20H2/t25-,26-,27-/m0/s1. The van der Waals surface area contributed by atoms with Crippen LogP contribution in [0.15, 0.2) is 48.5 Å². The van der Waals surface area contributed by atoms with Crippen LogP contribution in [0.4, 0.5) is 4.39 Å². The third-order valence-corrected chi connectivity index (χ3v) is 7.91. The largest absolute Gasteiger partial charge is 0.395 e. The molecule has 0 radical (unpaired) electrons. The quantitative estimate of drug-likeness (QED) is 0.666. The van der Waals surface area contributed by atoms with Gasteiger partial charge in [-0.2, -0.15) is 0 Å². The summed E-state index contributed by atoms with van der Waals surface area (Å²) in [5.41, 5.74) is 1.65. The average Bonchev–Trinajstić information content (AvgIpc) is 3.29. The van der Waals surface area contributed by atoms with Crippen LogP contribution in [0.1, 0.15) is 65.9 Å². The summed E-state index contributed by atoms with van der Waals surface area (Å²) < 4.78 is 13.4. The number of carbonyl (C=O) groups is 1. The maximum Gasteiger partial charge on any atom is 0.253 e. The summed E-state index contributed by atoms with van der Waals surface area (Å²) in [6.45, 7) is 2.23. The number of benzene rings is 2. The minimum Gasteiger partial charge on any atom is -0.395 e. The highest BCUT2D eigenvalue weighted by Crippen LogP contribution is 2.42. The number of aliphatic hydroxyl groups is 2. The summed E-state index contributed by atoms with van der Waals surface area (Å²) in [5.74, 6) is 5.88. The van der Waals surface area contributed by atoms with Gasteiger partial charge < -0.3 is 15.1 Å². The molecule has 2 heterocycles. The summed E-state index contributed by atoms with van der Waals surface area (Å²) in [6, 6.07) is 14.0. The highest BCUT2D eigenvalue weighted by Gasteiger charge is 2.49. The fourth-order valence-electron chi connectivity index (χ4n) is 5.96. The smallest absolute Gasteiger partial charge is 0.253 e. The Bertz CT molecular complexity index is 1100. The molecular formula is C29H33FN2O3. The molecule has 3 aliphatic rings. The Balaban J connectivity index is 1.34. The van der Waals surface area contributed by atoms with E-state index in [4.69, 9.17) is 0 Å². The molecule has 35 heavy (non-hydrogen) atoms. The zero-order valence-electron chi connectivity index (χ0n) is 20.0. The fourth-order valence-corrected chi connectivity index (χ4v) is 5.96. The molecule has 2 aliphatic heterocycles. The normalized spacial score (nSPS) is 26.0. The third-order valence-electron chi connectivity index (χ3n) is 7.91. The summed E-state index contributed by atoms with van der Waals surface area (Å²) >= 11 is 0. The van der Waals surface area contributed by atoms with E-state index in [1.165, 1.54) is 12.1 Å². The second-order valence-electron chi connectivity index (χ2n) is 10.2. The maximum atomic E-state index is 13.4. The number of carbonyl (C=O) groups excluding carboxylic acids is 1. The van der Waals surface area contributed by atoms with Crippen molar-refractivity contribution in [1.29, 1.82) is 0 Å². The molecule has 2 aromatic carbocycles. The van der Waals surface area contributed by atoms with Gasteiger partial charge in [-0.3, -0.25) is 9.69 Å². The zero-order chi connectivity index (χ0) is 24.4. The number of halogens is 1. The molecule has 5 nitrogen and oxygen atoms in total. The summed E-state index contributed by atoms with van der Waals surface area (Å²) in [4.78, 5) is 17.4. The fraction of sp³-hybridized carbons (Fsp3) is 0.483. The van der Waals surface area contributed by atoms with E-state index in [1.54, 1.807) is 12.1 Å². The van der Waals surface area contributed by atoms with E-state index in [0.29, 0.717) is 18.7 Å². The minimum atomic E-state index is -0.853. The molecule has 5 rings (SSSR count). The van der Waals surface area contributed by atoms with E-state index in [2.05, 4.69) is 28.9 Å². The van der Waals surface area contributed by atoms with Crippen LogP contribution in [0.2, 0.25) is 0 Å². The predicted octanol–water partition coefficient (Wildman–Crippen LogP) is 3.55. The molecule has 6 heteroatoms. The number of hydrogen-bond acceptors (Lipinski definition) is 4. The summed E-state index contributed by atoms with van der Waals surface area (Å²) in [5, 5.41) is 20.7. The number of amides is 1. The Labute approximate surface area is 206 Å². The van der Waals surface area contributed by atoms with Crippen LogP contribution in [0.5, 0.6) is 0 Å². The Morgan fingerprint density at radius 2 is 1.69 bits per heavy atom. The average molecular weight is 477 g/mol. The van der Waals surface area contributed by atoms with Crippen molar-refractivity contribution in [3.63, 3.8) is 0 Å². The molecule has 0 aromatic heterocycles. The second-order valence-corrected chi connectivity index (χ2v) is 10.2. The molecule has 3 atom stereocenters. The van der Waals surface area contributed by atoms with Crippen molar-refractivity contribution < 1.29 is 19.4 Å². The number of aliphatic hydroxyl groups excluding tert-OH is 1. The van der Waals surface area contributed by atoms with Gasteiger partial charge in [-0.05, 0) is 87.0 Å². The van der Waals surface area contributed by atoms with Crippen molar-refractivity contribution >= 4 is 5.91 Å². The monoisotopic (exact) mass is 476 g/mol. The number of nitrogens with zero attached hydrogens (tertiary/aromatic N) is 2. The van der Waals surface area contributed by atoms with E-state index in [0.717, 1.165) is 56.2 Å². The van der Waals surface area contributed by atoms with Crippen LogP contribution >= 0.6 is 0 Å². The molecule has 2 saturated heterocycles. The van der Waals surface area contributed by atoms with E-state index >= 15 is 0 Å². The van der Waals surface area contributed by atoms with Crippen molar-refractivity contribution in [1.82, 2.24) is 9.80 Å². The van der Waals surface area contributed by atoms with E-state index < -0.39 is 5.60 Å². The van der Waals surface area contributed by atoms with Crippen molar-refractivity contribution in [3.8, 4) is 11.8 Å². The van der Waals surface area contributed by atoms with Crippen LogP contribution in [0, 0.1) is 17.7 Å². The number of hydrogen-bond donors (Lipinski definition) is 2. The van der Waals surface area contributed by atoms with E-state index in [1.807, 2.05) is 17.0 Å². The lowest BCUT2D eigenvalue weighted by atomic mass is 9.74. The van der Waals surface area contributed by atoms with Gasteiger partial charge in [-0.25, -0.2) is 4.39 Å². The lowest BCUT2D eigenvalue weighted by molar-refractivity contribution is -0.0606. The van der Waals surface area contributed by atoms with Gasteiger partial charge >= 0.3 is 0 Å². The molecule has 0 unspecified atom stereocenters. The van der Waals surface area contributed by atoms with Gasteiger partial charge in [0.15, 0.2) is 0 Å². The third kappa shape index (κ3) is 4.99. The van der Waals surface area contributed by atoms with Crippen LogP contribution < -0.4 is 0 Å². The maximum absolute atomic E-state index is 13.4. The summed E-state index contributed by atoms with van der Waals surface area (Å²) in [6.07, 6.45) is 5.38. The molecule has 0 spiro atoms. The minimum absolute atomic E-state index is 0.0250. The van der Waals surface area contributed by atoms with E-state index in [9.17, 15) is 19.4 Å². The van der Waals surface area contributed by atoms with Crippen molar-refractivity contribution in [2.45, 2.75) is 62.1 Å². The molecule has 2 N–H and O–H groups in total. The molecule has 1 amide bonds. The first kappa shape index (κ1) is 24.0. The first-order chi connectivity index (χ1) is 17.0. The first-order valence-corrected chi connectivity index (χ1v) is 12.7. The summed E-state index contributed by atoms with van der Waals surface area (Å²) in [7, 11) is 0. The topological polar surface area (TPSA) is 64.0 Å². The second kappa shape index (κ2) is 10.1. The lowest BCUT2D eigenvalue weighted by Gasteiger charge is -2.57. The van der Waals surface area contributed by atoms with Crippen molar-refractivity contribution in [3.05, 3.63) is 71.0 Å². The first-order valence-electron chi connectivity index (χ1n) is 12.7. The molecule has 184 valence electrons. The van der Waals surface area contributed by atoms with Gasteiger partial charge in [0.1, 0.15) is 11.4 Å². The molecule has 1 aliphatic carbocycles. The van der Waals surface area contributed by atoms with Gasteiger partial charge in [0.2, 0.25) is 0 Å². The van der Waals surface area contributed by atoms with Gasteiger partial charge in [-0.1, -0.05) is 24.0 Å². The van der Waals surface area contributed by atoms with Crippen molar-refractivity contribution in [2.24, 2.45) is 0 Å². The Kier molecular flexibility index (Phi) is 6.93. The Hall–Kier alpha value is -2.72. The van der Waals surface area contributed by atoms with Gasteiger partial charge in [0.25, 0.3) is 5.91 Å². The predicted molar refractivity (Wildman–Crippen MR) is 132 cm³/mol. The van der Waals surface area contributed by atoms with Crippen LogP contribution in [0.3, 0.4) is 0 Å². The Morgan fingerprint density at radius 1 is 1.00 bits per heavy atom. The molecular weight excluding hydrogens is 443 g/mol. The molecule has 3 fully saturated rings. The van der Waals surface area contributed by atoms with E-state index in [-0.39, 0.29) is 36.3 Å².